The van der Waals surface area contributed by atoms with Gasteiger partial charge in [0.1, 0.15) is 10.7 Å². The summed E-state index contributed by atoms with van der Waals surface area (Å²) in [7, 11) is -4.30. The highest BCUT2D eigenvalue weighted by Gasteiger charge is 2.20. The Hall–Kier alpha value is -3.13. The second kappa shape index (κ2) is 10.3. The second-order valence-corrected chi connectivity index (χ2v) is 7.24. The number of methoxy groups -OCH3 is 1. The van der Waals surface area contributed by atoms with Crippen molar-refractivity contribution in [2.75, 3.05) is 7.11 Å². The van der Waals surface area contributed by atoms with Gasteiger partial charge >= 0.3 is 7.25 Å². The van der Waals surface area contributed by atoms with Gasteiger partial charge in [0.15, 0.2) is 0 Å². The molecule has 1 heterocycles. The second-order valence-electron chi connectivity index (χ2n) is 6.44. The Morgan fingerprint density at radius 2 is 1.55 bits per heavy atom. The Balaban J connectivity index is 0.000000491. The van der Waals surface area contributed by atoms with E-state index in [0.29, 0.717) is 0 Å². The molecule has 0 saturated carbocycles. The van der Waals surface area contributed by atoms with Gasteiger partial charge in [-0.05, 0) is 40.6 Å². The zero-order valence-corrected chi connectivity index (χ0v) is 17.3. The number of fused-ring (bicyclic) bond motifs is 1. The third-order valence-corrected chi connectivity index (χ3v) is 5.09. The van der Waals surface area contributed by atoms with Crippen molar-refractivity contribution in [3.8, 4) is 5.75 Å². The molecule has 3 aromatic carbocycles. The van der Waals surface area contributed by atoms with E-state index in [1.165, 1.54) is 28.4 Å². The molecule has 0 amide bonds. The predicted molar refractivity (Wildman–Crippen MR) is 122 cm³/mol. The first-order chi connectivity index (χ1) is 14.8. The van der Waals surface area contributed by atoms with Crippen LogP contribution in [0.15, 0.2) is 90.7 Å². The lowest BCUT2D eigenvalue weighted by molar-refractivity contribution is 0.310. The lowest BCUT2D eigenvalue weighted by atomic mass is 10.0. The van der Waals surface area contributed by atoms with Crippen LogP contribution in [0.1, 0.15) is 11.1 Å². The van der Waals surface area contributed by atoms with Gasteiger partial charge in [-0.2, -0.15) is 0 Å². The molecule has 1 aliphatic rings. The zero-order valence-electron chi connectivity index (χ0n) is 16.5. The van der Waals surface area contributed by atoms with E-state index in [1.54, 1.807) is 7.11 Å². The summed E-state index contributed by atoms with van der Waals surface area (Å²) in [6.45, 7) is 0. The van der Waals surface area contributed by atoms with Gasteiger partial charge in [0.05, 0.1) is 7.11 Å². The lowest BCUT2D eigenvalue weighted by Crippen LogP contribution is -2.02. The summed E-state index contributed by atoms with van der Waals surface area (Å²) in [5, 5.41) is 2.38. The Bertz CT molecular complexity index is 1120. The molecule has 0 radical (unpaired) electrons. The van der Waals surface area contributed by atoms with E-state index < -0.39 is 7.25 Å². The van der Waals surface area contributed by atoms with Crippen LogP contribution >= 0.6 is 12.0 Å². The Morgan fingerprint density at radius 3 is 2.19 bits per heavy atom. The van der Waals surface area contributed by atoms with E-state index in [1.807, 2.05) is 30.3 Å². The summed E-state index contributed by atoms with van der Waals surface area (Å²) >= 11 is 1.50. The third kappa shape index (κ3) is 6.96. The van der Waals surface area contributed by atoms with Crippen LogP contribution in [0.5, 0.6) is 5.75 Å². The number of allylic oxidation sites excluding steroid dienone is 3. The van der Waals surface area contributed by atoms with Crippen LogP contribution in [-0.4, -0.2) is 18.5 Å². The minimum Gasteiger partial charge on any atom is -0.505 e. The monoisotopic (exact) mass is 446 g/mol. The van der Waals surface area contributed by atoms with Gasteiger partial charge in [-0.1, -0.05) is 54.6 Å². The average molecular weight is 446 g/mol. The molecule has 0 atom stereocenters. The molecule has 0 unspecified atom stereocenters. The standard InChI is InChI=1S/C23H18O2S.BF4/c1-24-20-15-18-9-5-6-10-21(18)22(16-20)23-14-13-19(25-26-23)12-11-17-7-3-2-4-8-17;2-1(3,4)5/h2-16H,1H3;/q;-1/p+1. The maximum Gasteiger partial charge on any atom is 0.673 e. The number of aliphatic hydroxyl groups is 1. The van der Waals surface area contributed by atoms with Crippen LogP contribution < -0.4 is 4.74 Å². The molecule has 1 aliphatic heterocycles. The topological polar surface area (TPSA) is 22.0 Å². The molecule has 160 valence electrons. The Labute approximate surface area is 182 Å². The van der Waals surface area contributed by atoms with Crippen molar-refractivity contribution < 1.29 is 26.2 Å². The number of rotatable bonds is 4. The number of ether oxygens (including phenoxy) is 1. The minimum absolute atomic E-state index is 0.860. The van der Waals surface area contributed by atoms with Gasteiger partial charge in [-0.25, -0.2) is 0 Å². The summed E-state index contributed by atoms with van der Waals surface area (Å²) in [5.74, 6) is 1.81. The van der Waals surface area contributed by atoms with E-state index in [-0.39, 0.29) is 0 Å². The van der Waals surface area contributed by atoms with Crippen molar-refractivity contribution in [1.29, 1.82) is 0 Å². The van der Waals surface area contributed by atoms with Crippen molar-refractivity contribution in [2.45, 2.75) is 0 Å². The lowest BCUT2D eigenvalue weighted by Gasteiger charge is -2.13. The van der Waals surface area contributed by atoms with Crippen molar-refractivity contribution in [3.63, 3.8) is 0 Å². The van der Waals surface area contributed by atoms with Crippen molar-refractivity contribution in [2.24, 2.45) is 0 Å². The molecule has 3 aromatic rings. The van der Waals surface area contributed by atoms with E-state index in [4.69, 9.17) is 4.74 Å². The molecule has 0 aliphatic carbocycles. The maximum absolute atomic E-state index is 9.75. The first kappa shape index (κ1) is 22.6. The number of hydrogen-bond acceptors (Lipinski definition) is 2. The SMILES string of the molecule is COc1cc(C2=CC=C(C=Cc3ccccc3)[OH+]S2)c2ccccc2c1.F[B-](F)(F)F. The molecule has 0 bridgehead atoms. The van der Waals surface area contributed by atoms with Crippen LogP contribution in [0.4, 0.5) is 17.3 Å². The Kier molecular flexibility index (Phi) is 7.47. The summed E-state index contributed by atoms with van der Waals surface area (Å²) in [6.07, 6.45) is 8.30. The fourth-order valence-corrected chi connectivity index (χ4v) is 3.62. The number of halogens is 4. The molecule has 0 aromatic heterocycles. The molecule has 2 nitrogen and oxygen atoms in total. The van der Waals surface area contributed by atoms with E-state index in [9.17, 15) is 17.3 Å². The van der Waals surface area contributed by atoms with Gasteiger partial charge < -0.3 is 26.2 Å². The largest absolute Gasteiger partial charge is 0.673 e. The van der Waals surface area contributed by atoms with Crippen LogP contribution in [0.25, 0.3) is 21.8 Å². The fourth-order valence-electron chi connectivity index (χ4n) is 2.90. The van der Waals surface area contributed by atoms with Crippen LogP contribution in [-0.2, 0) is 0 Å². The molecular formula is C23H19BF4O2S. The molecule has 0 fully saturated rings. The minimum atomic E-state index is -6.00. The quantitative estimate of drug-likeness (QED) is 0.176. The molecule has 0 spiro atoms. The predicted octanol–water partition coefficient (Wildman–Crippen LogP) is 7.84. The zero-order chi connectivity index (χ0) is 22.3. The summed E-state index contributed by atoms with van der Waals surface area (Å²) in [5.41, 5.74) is 2.32. The van der Waals surface area contributed by atoms with Gasteiger partial charge in [0.2, 0.25) is 0 Å². The molecule has 31 heavy (non-hydrogen) atoms. The highest BCUT2D eigenvalue weighted by atomic mass is 32.2. The van der Waals surface area contributed by atoms with Crippen LogP contribution in [0, 0.1) is 0 Å². The fraction of sp³-hybridized carbons (Fsp3) is 0.0435. The van der Waals surface area contributed by atoms with Gasteiger partial charge in [-0.3, -0.25) is 0 Å². The van der Waals surface area contributed by atoms with Crippen molar-refractivity contribution >= 4 is 41.1 Å². The summed E-state index contributed by atoms with van der Waals surface area (Å²) in [4.78, 5) is 1.12. The molecule has 1 N–H and O–H groups in total. The normalized spacial score (nSPS) is 13.7. The van der Waals surface area contributed by atoms with Crippen molar-refractivity contribution in [3.05, 3.63) is 102 Å². The average Bonchev–Trinajstić information content (AvgIpc) is 2.77. The highest BCUT2D eigenvalue weighted by molar-refractivity contribution is 8.03. The molecule has 0 saturated heterocycles. The third-order valence-electron chi connectivity index (χ3n) is 4.24. The van der Waals surface area contributed by atoms with Crippen LogP contribution in [0.2, 0.25) is 0 Å². The summed E-state index contributed by atoms with van der Waals surface area (Å²) in [6, 6.07) is 22.7. The van der Waals surface area contributed by atoms with E-state index in [2.05, 4.69) is 64.9 Å². The Morgan fingerprint density at radius 1 is 0.871 bits per heavy atom. The van der Waals surface area contributed by atoms with Gasteiger partial charge in [0.25, 0.3) is 17.8 Å². The van der Waals surface area contributed by atoms with E-state index >= 15 is 0 Å². The maximum atomic E-state index is 9.75. The molecule has 8 heteroatoms. The first-order valence-electron chi connectivity index (χ1n) is 9.31. The summed E-state index contributed by atoms with van der Waals surface area (Å²) < 4.78 is 49.1. The number of benzene rings is 3. The molecular weight excluding hydrogens is 427 g/mol. The number of hydrogen-bond donors (Lipinski definition) is 0. The van der Waals surface area contributed by atoms with E-state index in [0.717, 1.165) is 22.0 Å². The smallest absolute Gasteiger partial charge is 0.505 e. The van der Waals surface area contributed by atoms with Crippen LogP contribution in [0.3, 0.4) is 0 Å². The van der Waals surface area contributed by atoms with Crippen molar-refractivity contribution in [1.82, 2.24) is 0 Å². The highest BCUT2D eigenvalue weighted by Crippen LogP contribution is 2.38. The van der Waals surface area contributed by atoms with Gasteiger partial charge in [0, 0.05) is 17.7 Å². The molecule has 4 rings (SSSR count). The van der Waals surface area contributed by atoms with Gasteiger partial charge in [-0.15, -0.1) is 0 Å². The first-order valence-corrected chi connectivity index (χ1v) is 10.1.